The molecule has 6 aromatic carbocycles. The van der Waals surface area contributed by atoms with Gasteiger partial charge in [-0.25, -0.2) is 0 Å². The monoisotopic (exact) mass is 568 g/mol. The van der Waals surface area contributed by atoms with Gasteiger partial charge in [-0.15, -0.1) is 0 Å². The lowest BCUT2D eigenvalue weighted by Crippen LogP contribution is -1.92. The molecule has 0 aliphatic rings. The number of aromatic nitrogens is 4. The zero-order valence-electron chi connectivity index (χ0n) is 25.3. The standard InChI is InChI=1S/2C20H16N2/c1-21-17-9-5-3-7-13(17)15-12-20-16(11-19(15)21)14-8-4-6-10-18(14)22(20)2;1-21-17-9-5-3-7-13(17)15-11-12-16-14-8-4-6-10-18(14)22(2)20(16)19(15)21/h2*3-12H,1-2H3. The van der Waals surface area contributed by atoms with Crippen LogP contribution >= 0.6 is 0 Å². The van der Waals surface area contributed by atoms with Gasteiger partial charge in [0.2, 0.25) is 0 Å². The summed E-state index contributed by atoms with van der Waals surface area (Å²) < 4.78 is 9.25. The van der Waals surface area contributed by atoms with Crippen molar-refractivity contribution in [2.75, 3.05) is 0 Å². The van der Waals surface area contributed by atoms with Crippen LogP contribution in [0.4, 0.5) is 0 Å². The van der Waals surface area contributed by atoms with Crippen molar-refractivity contribution in [3.05, 3.63) is 121 Å². The van der Waals surface area contributed by atoms with Crippen molar-refractivity contribution in [1.29, 1.82) is 0 Å². The zero-order valence-corrected chi connectivity index (χ0v) is 25.3. The molecule has 0 fully saturated rings. The Morgan fingerprint density at radius 2 is 0.568 bits per heavy atom. The second-order valence-electron chi connectivity index (χ2n) is 12.0. The summed E-state index contributed by atoms with van der Waals surface area (Å²) in [6.45, 7) is 0. The first kappa shape index (κ1) is 25.1. The van der Waals surface area contributed by atoms with Gasteiger partial charge in [0, 0.05) is 104 Å². The average molecular weight is 569 g/mol. The molecule has 44 heavy (non-hydrogen) atoms. The summed E-state index contributed by atoms with van der Waals surface area (Å²) in [6, 6.07) is 43.8. The van der Waals surface area contributed by atoms with Crippen LogP contribution in [-0.4, -0.2) is 18.3 Å². The lowest BCUT2D eigenvalue weighted by molar-refractivity contribution is 0.986. The van der Waals surface area contributed by atoms with E-state index >= 15 is 0 Å². The Morgan fingerprint density at radius 3 is 0.932 bits per heavy atom. The molecule has 0 spiro atoms. The van der Waals surface area contributed by atoms with Gasteiger partial charge in [0.1, 0.15) is 0 Å². The molecule has 10 aromatic rings. The van der Waals surface area contributed by atoms with Gasteiger partial charge in [-0.1, -0.05) is 84.9 Å². The number of aryl methyl sites for hydroxylation is 4. The van der Waals surface area contributed by atoms with E-state index in [1.54, 1.807) is 0 Å². The van der Waals surface area contributed by atoms with E-state index in [9.17, 15) is 0 Å². The number of hydrogen-bond donors (Lipinski definition) is 0. The number of fused-ring (bicyclic) bond motifs is 13. The van der Waals surface area contributed by atoms with Gasteiger partial charge in [0.25, 0.3) is 0 Å². The first-order chi connectivity index (χ1) is 21.5. The predicted octanol–water partition coefficient (Wildman–Crippen LogP) is 9.95. The maximum atomic E-state index is 2.34. The highest BCUT2D eigenvalue weighted by Crippen LogP contribution is 2.38. The van der Waals surface area contributed by atoms with Crippen LogP contribution in [0.1, 0.15) is 0 Å². The van der Waals surface area contributed by atoms with E-state index in [2.05, 4.69) is 168 Å². The fourth-order valence-corrected chi connectivity index (χ4v) is 7.73. The maximum absolute atomic E-state index is 2.34. The fourth-order valence-electron chi connectivity index (χ4n) is 7.73. The third kappa shape index (κ3) is 3.23. The van der Waals surface area contributed by atoms with Crippen molar-refractivity contribution in [2.24, 2.45) is 28.2 Å². The van der Waals surface area contributed by atoms with Crippen LogP contribution in [0.15, 0.2) is 121 Å². The van der Waals surface area contributed by atoms with Crippen LogP contribution in [0.25, 0.3) is 87.2 Å². The summed E-state index contributed by atoms with van der Waals surface area (Å²) in [4.78, 5) is 0. The zero-order chi connectivity index (χ0) is 29.7. The Kier molecular flexibility index (Phi) is 5.13. The Hall–Kier alpha value is -5.48. The van der Waals surface area contributed by atoms with Crippen LogP contribution in [0.5, 0.6) is 0 Å². The average Bonchev–Trinajstić information content (AvgIpc) is 3.73. The predicted molar refractivity (Wildman–Crippen MR) is 189 cm³/mol. The van der Waals surface area contributed by atoms with Crippen LogP contribution in [0.3, 0.4) is 0 Å². The minimum atomic E-state index is 1.29. The number of rotatable bonds is 0. The highest BCUT2D eigenvalue weighted by Gasteiger charge is 2.16. The molecule has 0 atom stereocenters. The van der Waals surface area contributed by atoms with E-state index in [4.69, 9.17) is 0 Å². The molecule has 0 saturated heterocycles. The SMILES string of the molecule is Cn1c2ccccc2c2cc3c(cc21)c1ccccc1n3C.Cn1c2ccccc2c2ccc3c4ccccc4n(C)c3c21. The Labute approximate surface area is 254 Å². The van der Waals surface area contributed by atoms with Gasteiger partial charge in [-0.05, 0) is 36.4 Å². The highest BCUT2D eigenvalue weighted by molar-refractivity contribution is 6.22. The van der Waals surface area contributed by atoms with Crippen molar-refractivity contribution in [3.63, 3.8) is 0 Å². The third-order valence-electron chi connectivity index (χ3n) is 9.88. The first-order valence-electron chi connectivity index (χ1n) is 15.2. The molecule has 0 radical (unpaired) electrons. The Balaban J connectivity index is 0.000000123. The summed E-state index contributed by atoms with van der Waals surface area (Å²) in [5.41, 5.74) is 10.4. The molecule has 4 nitrogen and oxygen atoms in total. The molecule has 0 bridgehead atoms. The Morgan fingerprint density at radius 1 is 0.273 bits per heavy atom. The van der Waals surface area contributed by atoms with Crippen molar-refractivity contribution in [3.8, 4) is 0 Å². The molecule has 0 saturated carbocycles. The van der Waals surface area contributed by atoms with Crippen molar-refractivity contribution < 1.29 is 0 Å². The van der Waals surface area contributed by atoms with Gasteiger partial charge in [0.05, 0.1) is 11.0 Å². The van der Waals surface area contributed by atoms with E-state index in [0.29, 0.717) is 0 Å². The van der Waals surface area contributed by atoms with E-state index in [1.807, 2.05) is 0 Å². The van der Waals surface area contributed by atoms with Crippen LogP contribution in [0.2, 0.25) is 0 Å². The topological polar surface area (TPSA) is 19.7 Å². The molecular formula is C40H32N4. The third-order valence-corrected chi connectivity index (χ3v) is 9.88. The minimum Gasteiger partial charge on any atom is -0.344 e. The van der Waals surface area contributed by atoms with Crippen LogP contribution < -0.4 is 0 Å². The summed E-state index contributed by atoms with van der Waals surface area (Å²) >= 11 is 0. The molecular weight excluding hydrogens is 536 g/mol. The molecule has 0 amide bonds. The molecule has 0 unspecified atom stereocenters. The molecule has 10 rings (SSSR count). The quantitative estimate of drug-likeness (QED) is 0.173. The maximum Gasteiger partial charge on any atom is 0.0736 e. The van der Waals surface area contributed by atoms with Gasteiger partial charge in [-0.2, -0.15) is 0 Å². The number of para-hydroxylation sites is 4. The molecule has 4 heteroatoms. The van der Waals surface area contributed by atoms with Gasteiger partial charge < -0.3 is 18.3 Å². The summed E-state index contributed by atoms with van der Waals surface area (Å²) in [5.74, 6) is 0. The van der Waals surface area contributed by atoms with Crippen molar-refractivity contribution in [2.45, 2.75) is 0 Å². The van der Waals surface area contributed by atoms with E-state index in [1.165, 1.54) is 87.2 Å². The molecule has 4 aromatic heterocycles. The number of nitrogens with zero attached hydrogens (tertiary/aromatic N) is 4. The molecule has 212 valence electrons. The summed E-state index contributed by atoms with van der Waals surface area (Å²) in [6.07, 6.45) is 0. The fraction of sp³-hybridized carbons (Fsp3) is 0.100. The molecule has 0 aliphatic carbocycles. The minimum absolute atomic E-state index is 1.29. The van der Waals surface area contributed by atoms with Gasteiger partial charge in [-0.3, -0.25) is 0 Å². The second kappa shape index (κ2) is 9.01. The molecule has 0 N–H and O–H groups in total. The van der Waals surface area contributed by atoms with Crippen molar-refractivity contribution in [1.82, 2.24) is 18.3 Å². The summed E-state index contributed by atoms with van der Waals surface area (Å²) in [7, 11) is 8.65. The normalized spacial score (nSPS) is 12.1. The van der Waals surface area contributed by atoms with E-state index < -0.39 is 0 Å². The lowest BCUT2D eigenvalue weighted by Gasteiger charge is -2.03. The van der Waals surface area contributed by atoms with Gasteiger partial charge in [0.15, 0.2) is 0 Å². The summed E-state index contributed by atoms with van der Waals surface area (Å²) in [5, 5.41) is 10.6. The van der Waals surface area contributed by atoms with Gasteiger partial charge >= 0.3 is 0 Å². The lowest BCUT2D eigenvalue weighted by atomic mass is 10.1. The second-order valence-corrected chi connectivity index (χ2v) is 12.0. The highest BCUT2D eigenvalue weighted by atomic mass is 15.0. The number of hydrogen-bond acceptors (Lipinski definition) is 0. The van der Waals surface area contributed by atoms with Crippen LogP contribution in [-0.2, 0) is 28.2 Å². The smallest absolute Gasteiger partial charge is 0.0736 e. The largest absolute Gasteiger partial charge is 0.344 e. The number of benzene rings is 6. The first-order valence-corrected chi connectivity index (χ1v) is 15.2. The van der Waals surface area contributed by atoms with E-state index in [-0.39, 0.29) is 0 Å². The Bertz CT molecular complexity index is 2550. The van der Waals surface area contributed by atoms with Crippen LogP contribution in [0, 0.1) is 0 Å². The molecule has 4 heterocycles. The van der Waals surface area contributed by atoms with Crippen molar-refractivity contribution >= 4 is 87.2 Å². The van der Waals surface area contributed by atoms with E-state index in [0.717, 1.165) is 0 Å². The molecule has 0 aliphatic heterocycles.